The molecule has 2 atom stereocenters. The van der Waals surface area contributed by atoms with Crippen LogP contribution in [0.5, 0.6) is 5.75 Å². The molecule has 0 spiro atoms. The Kier molecular flexibility index (Phi) is 6.75. The Balaban J connectivity index is 1.69. The molecule has 1 aromatic carbocycles. The molecule has 1 amide bonds. The summed E-state index contributed by atoms with van der Waals surface area (Å²) in [7, 11) is 0. The van der Waals surface area contributed by atoms with Crippen LogP contribution in [0.15, 0.2) is 23.2 Å². The van der Waals surface area contributed by atoms with Gasteiger partial charge in [-0.2, -0.15) is 0 Å². The molecular formula is C21H31FN4O2. The predicted molar refractivity (Wildman–Crippen MR) is 109 cm³/mol. The first-order valence-electron chi connectivity index (χ1n) is 10.2. The lowest BCUT2D eigenvalue weighted by molar-refractivity contribution is -0.127. The fourth-order valence-electron chi connectivity index (χ4n) is 4.17. The number of aromatic hydroxyl groups is 1. The van der Waals surface area contributed by atoms with Crippen molar-refractivity contribution in [2.24, 2.45) is 16.8 Å². The number of phenolic OH excluding ortho intramolecular Hbond substituents is 1. The van der Waals surface area contributed by atoms with E-state index in [-0.39, 0.29) is 11.7 Å². The molecule has 2 fully saturated rings. The average molecular weight is 391 g/mol. The van der Waals surface area contributed by atoms with Crippen LogP contribution in [-0.2, 0) is 4.79 Å². The van der Waals surface area contributed by atoms with E-state index in [1.807, 2.05) is 4.90 Å². The van der Waals surface area contributed by atoms with E-state index < -0.39 is 5.82 Å². The number of guanidine groups is 1. The third-order valence-corrected chi connectivity index (χ3v) is 5.39. The first-order valence-corrected chi connectivity index (χ1v) is 10.2. The number of likely N-dealkylation sites (tertiary alicyclic amines) is 2. The monoisotopic (exact) mass is 390 g/mol. The number of nitrogens with one attached hydrogen (secondary N) is 1. The van der Waals surface area contributed by atoms with E-state index in [1.165, 1.54) is 24.6 Å². The molecule has 2 aliphatic heterocycles. The number of benzene rings is 1. The van der Waals surface area contributed by atoms with Crippen molar-refractivity contribution < 1.29 is 14.3 Å². The minimum atomic E-state index is -0.410. The van der Waals surface area contributed by atoms with Crippen molar-refractivity contribution >= 4 is 17.6 Å². The highest BCUT2D eigenvalue weighted by molar-refractivity contribution is 5.95. The molecule has 2 unspecified atom stereocenters. The minimum Gasteiger partial charge on any atom is -0.506 e. The molecule has 0 aliphatic carbocycles. The molecule has 0 radical (unpaired) electrons. The Morgan fingerprint density at radius 3 is 2.75 bits per heavy atom. The molecular weight excluding hydrogens is 359 g/mol. The zero-order valence-electron chi connectivity index (χ0n) is 16.8. The van der Waals surface area contributed by atoms with Gasteiger partial charge in [-0.3, -0.25) is 9.79 Å². The number of hydrogen-bond acceptors (Lipinski definition) is 3. The van der Waals surface area contributed by atoms with Gasteiger partial charge in [-0.05, 0) is 43.2 Å². The number of halogens is 1. The summed E-state index contributed by atoms with van der Waals surface area (Å²) in [5.74, 6) is 1.55. The number of phenols is 1. The van der Waals surface area contributed by atoms with Gasteiger partial charge in [-0.1, -0.05) is 13.8 Å². The molecule has 3 rings (SSSR count). The third kappa shape index (κ3) is 5.36. The Morgan fingerprint density at radius 1 is 1.32 bits per heavy atom. The molecule has 7 heteroatoms. The van der Waals surface area contributed by atoms with Gasteiger partial charge in [0.2, 0.25) is 5.91 Å². The van der Waals surface area contributed by atoms with Gasteiger partial charge < -0.3 is 20.2 Å². The minimum absolute atomic E-state index is 0.00475. The van der Waals surface area contributed by atoms with Crippen LogP contribution in [0, 0.1) is 17.7 Å². The van der Waals surface area contributed by atoms with E-state index in [9.17, 15) is 14.3 Å². The van der Waals surface area contributed by atoms with Gasteiger partial charge in [0.1, 0.15) is 11.6 Å². The number of rotatable bonds is 5. The van der Waals surface area contributed by atoms with Crippen molar-refractivity contribution in [1.82, 2.24) is 9.80 Å². The fourth-order valence-corrected chi connectivity index (χ4v) is 4.17. The topological polar surface area (TPSA) is 68.2 Å². The van der Waals surface area contributed by atoms with E-state index in [0.29, 0.717) is 43.0 Å². The molecule has 2 heterocycles. The van der Waals surface area contributed by atoms with Gasteiger partial charge in [-0.15, -0.1) is 0 Å². The van der Waals surface area contributed by atoms with E-state index in [2.05, 4.69) is 24.1 Å². The highest BCUT2D eigenvalue weighted by Gasteiger charge is 2.25. The van der Waals surface area contributed by atoms with Crippen molar-refractivity contribution in [2.45, 2.75) is 39.5 Å². The van der Waals surface area contributed by atoms with E-state index in [4.69, 9.17) is 4.99 Å². The highest BCUT2D eigenvalue weighted by atomic mass is 19.1. The van der Waals surface area contributed by atoms with Crippen LogP contribution >= 0.6 is 0 Å². The van der Waals surface area contributed by atoms with Gasteiger partial charge in [0.15, 0.2) is 5.96 Å². The SMILES string of the molecule is CC1CC(C)CN(C(=NCCCN2CCCC2=O)Nc2cc(F)ccc2O)C1. The molecule has 0 bridgehead atoms. The first kappa shape index (κ1) is 20.4. The molecule has 6 nitrogen and oxygen atoms in total. The van der Waals surface area contributed by atoms with Crippen LogP contribution in [0.25, 0.3) is 0 Å². The molecule has 2 N–H and O–H groups in total. The van der Waals surface area contributed by atoms with Crippen LogP contribution in [-0.4, -0.2) is 59.5 Å². The lowest BCUT2D eigenvalue weighted by Gasteiger charge is -2.37. The normalized spacial score (nSPS) is 23.4. The molecule has 28 heavy (non-hydrogen) atoms. The van der Waals surface area contributed by atoms with Gasteiger partial charge >= 0.3 is 0 Å². The average Bonchev–Trinajstić information content (AvgIpc) is 3.04. The quantitative estimate of drug-likeness (QED) is 0.350. The largest absolute Gasteiger partial charge is 0.506 e. The Bertz CT molecular complexity index is 714. The van der Waals surface area contributed by atoms with E-state index in [1.54, 1.807) is 0 Å². The summed E-state index contributed by atoms with van der Waals surface area (Å²) in [5, 5.41) is 13.2. The van der Waals surface area contributed by atoms with Gasteiger partial charge in [0.25, 0.3) is 0 Å². The maximum absolute atomic E-state index is 13.6. The maximum atomic E-state index is 13.6. The number of amides is 1. The van der Waals surface area contributed by atoms with E-state index in [0.717, 1.165) is 32.5 Å². The number of anilines is 1. The standard InChI is InChI=1S/C21H31FN4O2/c1-15-11-16(2)14-26(13-15)21(24-18-12-17(22)6-7-19(18)27)23-8-4-10-25-9-3-5-20(25)28/h6-7,12,15-16,27H,3-5,8-11,13-14H2,1-2H3,(H,23,24). The number of aliphatic imine (C=N–C) groups is 1. The Labute approximate surface area is 166 Å². The fraction of sp³-hybridized carbons (Fsp3) is 0.619. The molecule has 154 valence electrons. The van der Waals surface area contributed by atoms with Crippen LogP contribution in [0.2, 0.25) is 0 Å². The number of carbonyl (C=O) groups excluding carboxylic acids is 1. The summed E-state index contributed by atoms with van der Waals surface area (Å²) >= 11 is 0. The zero-order chi connectivity index (χ0) is 20.1. The number of piperidine rings is 1. The molecule has 0 saturated carbocycles. The molecule has 1 aromatic rings. The summed E-state index contributed by atoms with van der Waals surface area (Å²) in [6.45, 7) is 8.31. The van der Waals surface area contributed by atoms with Crippen LogP contribution in [0.3, 0.4) is 0 Å². The smallest absolute Gasteiger partial charge is 0.222 e. The third-order valence-electron chi connectivity index (χ3n) is 5.39. The van der Waals surface area contributed by atoms with Crippen molar-refractivity contribution in [2.75, 3.05) is 38.0 Å². The van der Waals surface area contributed by atoms with Crippen LogP contribution < -0.4 is 5.32 Å². The zero-order valence-corrected chi connectivity index (χ0v) is 16.8. The second-order valence-corrected chi connectivity index (χ2v) is 8.18. The summed E-state index contributed by atoms with van der Waals surface area (Å²) in [5.41, 5.74) is 0.319. The highest BCUT2D eigenvalue weighted by Crippen LogP contribution is 2.26. The van der Waals surface area contributed by atoms with Crippen molar-refractivity contribution in [3.63, 3.8) is 0 Å². The second kappa shape index (κ2) is 9.26. The van der Waals surface area contributed by atoms with Crippen molar-refractivity contribution in [1.29, 1.82) is 0 Å². The van der Waals surface area contributed by atoms with Crippen LogP contribution in [0.1, 0.15) is 39.5 Å². The van der Waals surface area contributed by atoms with Gasteiger partial charge in [0.05, 0.1) is 5.69 Å². The maximum Gasteiger partial charge on any atom is 0.222 e. The number of carbonyl (C=O) groups is 1. The lowest BCUT2D eigenvalue weighted by atomic mass is 9.92. The molecule has 0 aromatic heterocycles. The lowest BCUT2D eigenvalue weighted by Crippen LogP contribution is -2.45. The Morgan fingerprint density at radius 2 is 2.07 bits per heavy atom. The Hall–Kier alpha value is -2.31. The summed E-state index contributed by atoms with van der Waals surface area (Å²) in [4.78, 5) is 20.5. The summed E-state index contributed by atoms with van der Waals surface area (Å²) in [6, 6.07) is 3.86. The van der Waals surface area contributed by atoms with Gasteiger partial charge in [-0.25, -0.2) is 4.39 Å². The number of hydrogen-bond donors (Lipinski definition) is 2. The summed E-state index contributed by atoms with van der Waals surface area (Å²) in [6.07, 6.45) is 3.55. The number of nitrogens with zero attached hydrogens (tertiary/aromatic N) is 3. The summed E-state index contributed by atoms with van der Waals surface area (Å²) < 4.78 is 13.6. The molecule has 2 aliphatic rings. The van der Waals surface area contributed by atoms with Crippen molar-refractivity contribution in [3.05, 3.63) is 24.0 Å². The van der Waals surface area contributed by atoms with Crippen LogP contribution in [0.4, 0.5) is 10.1 Å². The van der Waals surface area contributed by atoms with Crippen molar-refractivity contribution in [3.8, 4) is 5.75 Å². The van der Waals surface area contributed by atoms with Gasteiger partial charge in [0, 0.05) is 45.2 Å². The molecule has 2 saturated heterocycles. The first-order chi connectivity index (χ1) is 13.4. The van der Waals surface area contributed by atoms with E-state index >= 15 is 0 Å². The predicted octanol–water partition coefficient (Wildman–Crippen LogP) is 3.29. The second-order valence-electron chi connectivity index (χ2n) is 8.18.